The molecule has 2 amide bonds. The van der Waals surface area contributed by atoms with Crippen LogP contribution in [-0.4, -0.2) is 61.5 Å². The summed E-state index contributed by atoms with van der Waals surface area (Å²) in [7, 11) is 1.77. The van der Waals surface area contributed by atoms with Crippen molar-refractivity contribution in [1.29, 1.82) is 0 Å². The van der Waals surface area contributed by atoms with Crippen LogP contribution in [0.4, 0.5) is 4.79 Å². The first-order valence-electron chi connectivity index (χ1n) is 15.0. The topological polar surface area (TPSA) is 92.3 Å². The number of carbonyl (C=O) groups is 1. The Kier molecular flexibility index (Phi) is 10.6. The Balaban J connectivity index is 1.36. The fourth-order valence-corrected chi connectivity index (χ4v) is 5.94. The van der Waals surface area contributed by atoms with E-state index in [0.29, 0.717) is 19.1 Å². The average Bonchev–Trinajstić information content (AvgIpc) is 3.46. The molecule has 0 saturated carbocycles. The molecule has 2 fully saturated rings. The Hall–Kier alpha value is -3.27. The second kappa shape index (κ2) is 14.8. The van der Waals surface area contributed by atoms with Crippen molar-refractivity contribution in [2.75, 3.05) is 33.4 Å². The lowest BCUT2D eigenvalue weighted by atomic mass is 9.98. The summed E-state index contributed by atoms with van der Waals surface area (Å²) in [5.41, 5.74) is 6.09. The van der Waals surface area contributed by atoms with Crippen LogP contribution in [-0.2, 0) is 27.4 Å². The fourth-order valence-electron chi connectivity index (χ4n) is 5.94. The molecule has 5 rings (SSSR count). The van der Waals surface area contributed by atoms with E-state index in [1.54, 1.807) is 7.11 Å². The quantitative estimate of drug-likeness (QED) is 0.288. The zero-order chi connectivity index (χ0) is 29.3. The zero-order valence-electron chi connectivity index (χ0n) is 24.6. The third-order valence-electron chi connectivity index (χ3n) is 8.12. The molecule has 224 valence electrons. The smallest absolute Gasteiger partial charge is 0.315 e. The van der Waals surface area contributed by atoms with Crippen LogP contribution in [0.2, 0.25) is 0 Å². The summed E-state index contributed by atoms with van der Waals surface area (Å²) in [6.07, 6.45) is 2.43. The monoisotopic (exact) mass is 573 g/mol. The summed E-state index contributed by atoms with van der Waals surface area (Å²) in [4.78, 5) is 14.4. The van der Waals surface area contributed by atoms with Crippen LogP contribution < -0.4 is 10.6 Å². The fraction of sp³-hybridized carbons (Fsp3) is 0.441. The first kappa shape index (κ1) is 30.2. The number of aliphatic hydroxyl groups excluding tert-OH is 1. The van der Waals surface area contributed by atoms with Gasteiger partial charge in [-0.05, 0) is 66.3 Å². The summed E-state index contributed by atoms with van der Waals surface area (Å²) in [5, 5.41) is 15.2. The van der Waals surface area contributed by atoms with Crippen molar-refractivity contribution in [1.82, 2.24) is 15.5 Å². The summed E-state index contributed by atoms with van der Waals surface area (Å²) in [5.74, 6) is 0. The maximum atomic E-state index is 11.9. The Morgan fingerprint density at radius 2 is 1.76 bits per heavy atom. The van der Waals surface area contributed by atoms with Crippen molar-refractivity contribution >= 4 is 6.03 Å². The van der Waals surface area contributed by atoms with Gasteiger partial charge >= 0.3 is 6.03 Å². The number of ether oxygens (including phenoxy) is 3. The number of benzene rings is 3. The Morgan fingerprint density at radius 1 is 0.976 bits per heavy atom. The van der Waals surface area contributed by atoms with Gasteiger partial charge in [0.05, 0.1) is 25.4 Å². The molecule has 8 heteroatoms. The number of amides is 2. The summed E-state index contributed by atoms with van der Waals surface area (Å²) in [6.45, 7) is 5.58. The molecule has 0 radical (unpaired) electrons. The zero-order valence-corrected chi connectivity index (χ0v) is 24.6. The third-order valence-corrected chi connectivity index (χ3v) is 8.12. The van der Waals surface area contributed by atoms with Crippen molar-refractivity contribution in [3.63, 3.8) is 0 Å². The van der Waals surface area contributed by atoms with Crippen LogP contribution in [0.3, 0.4) is 0 Å². The van der Waals surface area contributed by atoms with Gasteiger partial charge in [-0.15, -0.1) is 0 Å². The van der Waals surface area contributed by atoms with Gasteiger partial charge in [-0.2, -0.15) is 0 Å². The van der Waals surface area contributed by atoms with Crippen molar-refractivity contribution in [3.8, 4) is 11.1 Å². The van der Waals surface area contributed by atoms with E-state index in [9.17, 15) is 9.90 Å². The van der Waals surface area contributed by atoms with E-state index in [1.807, 2.05) is 37.3 Å². The summed E-state index contributed by atoms with van der Waals surface area (Å²) in [6, 6.07) is 24.8. The van der Waals surface area contributed by atoms with Gasteiger partial charge in [0, 0.05) is 44.8 Å². The number of methoxy groups -OCH3 is 1. The molecule has 2 aliphatic heterocycles. The average molecular weight is 574 g/mol. The molecule has 2 heterocycles. The van der Waals surface area contributed by atoms with Crippen molar-refractivity contribution in [2.45, 2.75) is 63.9 Å². The second-order valence-corrected chi connectivity index (χ2v) is 11.1. The second-order valence-electron chi connectivity index (χ2n) is 11.1. The lowest BCUT2D eigenvalue weighted by Crippen LogP contribution is -2.42. The van der Waals surface area contributed by atoms with Gasteiger partial charge in [0.25, 0.3) is 0 Å². The molecule has 3 aromatic rings. The molecule has 0 spiro atoms. The first-order valence-corrected chi connectivity index (χ1v) is 15.0. The van der Waals surface area contributed by atoms with Crippen LogP contribution in [0.5, 0.6) is 0 Å². The van der Waals surface area contributed by atoms with Crippen molar-refractivity contribution < 1.29 is 24.1 Å². The molecule has 0 unspecified atom stereocenters. The molecule has 4 atom stereocenters. The first-order chi connectivity index (χ1) is 20.6. The molecule has 2 aliphatic rings. The van der Waals surface area contributed by atoms with Gasteiger partial charge in [0.2, 0.25) is 0 Å². The molecule has 0 aliphatic carbocycles. The van der Waals surface area contributed by atoms with Crippen molar-refractivity contribution in [2.24, 2.45) is 0 Å². The van der Waals surface area contributed by atoms with Gasteiger partial charge in [-0.25, -0.2) is 4.79 Å². The predicted molar refractivity (Wildman–Crippen MR) is 163 cm³/mol. The largest absolute Gasteiger partial charge is 0.392 e. The predicted octanol–water partition coefficient (Wildman–Crippen LogP) is 5.32. The van der Waals surface area contributed by atoms with Gasteiger partial charge in [0.1, 0.15) is 0 Å². The van der Waals surface area contributed by atoms with E-state index >= 15 is 0 Å². The van der Waals surface area contributed by atoms with Gasteiger partial charge < -0.3 is 30.0 Å². The maximum absolute atomic E-state index is 11.9. The molecular formula is C34H43N3O5. The molecule has 2 saturated heterocycles. The number of carbonyl (C=O) groups excluding carboxylic acids is 1. The molecule has 0 bridgehead atoms. The minimum atomic E-state index is -0.516. The minimum Gasteiger partial charge on any atom is -0.392 e. The van der Waals surface area contributed by atoms with Gasteiger partial charge in [0.15, 0.2) is 6.29 Å². The highest BCUT2D eigenvalue weighted by molar-refractivity contribution is 5.74. The molecule has 3 N–H and O–H groups in total. The third kappa shape index (κ3) is 7.76. The molecule has 0 aromatic heterocycles. The van der Waals surface area contributed by atoms with Crippen LogP contribution in [0.15, 0.2) is 72.8 Å². The molecule has 42 heavy (non-hydrogen) atoms. The van der Waals surface area contributed by atoms with E-state index in [4.69, 9.17) is 14.2 Å². The number of nitrogens with one attached hydrogen (secondary N) is 2. The van der Waals surface area contributed by atoms with E-state index < -0.39 is 6.29 Å². The number of urea groups is 1. The van der Waals surface area contributed by atoms with E-state index in [2.05, 4.69) is 58.0 Å². The number of aliphatic hydroxyl groups is 1. The number of hydrogen-bond donors (Lipinski definition) is 3. The molecule has 3 aromatic carbocycles. The molecule has 8 nitrogen and oxygen atoms in total. The Labute approximate surface area is 249 Å². The normalized spacial score (nSPS) is 22.6. The van der Waals surface area contributed by atoms with Crippen LogP contribution in [0.1, 0.15) is 60.8 Å². The van der Waals surface area contributed by atoms with Crippen LogP contribution in [0, 0.1) is 0 Å². The summed E-state index contributed by atoms with van der Waals surface area (Å²) < 4.78 is 18.8. The molecular weight excluding hydrogens is 530 g/mol. The van der Waals surface area contributed by atoms with Crippen LogP contribution in [0.25, 0.3) is 11.1 Å². The minimum absolute atomic E-state index is 0.00366. The van der Waals surface area contributed by atoms with E-state index in [-0.39, 0.29) is 24.8 Å². The number of likely N-dealkylation sites (tertiary alicyclic amines) is 1. The lowest BCUT2D eigenvalue weighted by molar-refractivity contribution is -0.253. The number of nitrogens with zero attached hydrogens (tertiary/aromatic N) is 1. The van der Waals surface area contributed by atoms with E-state index in [0.717, 1.165) is 65.9 Å². The van der Waals surface area contributed by atoms with Crippen molar-refractivity contribution in [3.05, 3.63) is 95.1 Å². The highest BCUT2D eigenvalue weighted by Crippen LogP contribution is 2.39. The lowest BCUT2D eigenvalue weighted by Gasteiger charge is -2.39. The maximum Gasteiger partial charge on any atom is 0.315 e. The highest BCUT2D eigenvalue weighted by atomic mass is 16.7. The van der Waals surface area contributed by atoms with Gasteiger partial charge in [-0.1, -0.05) is 60.7 Å². The number of hydrogen-bond acceptors (Lipinski definition) is 6. The van der Waals surface area contributed by atoms with E-state index in [1.165, 1.54) is 6.42 Å². The summed E-state index contributed by atoms with van der Waals surface area (Å²) >= 11 is 0. The Bertz CT molecular complexity index is 1300. The number of rotatable bonds is 11. The Morgan fingerprint density at radius 3 is 2.52 bits per heavy atom. The standard InChI is InChI=1S/C34H43N3O5/c1-3-35-34(39)36-20-25-7-4-8-27(17-25)28-9-5-10-29(18-28)33-41-31(21-37-16-6-11-30(37)23-40-2)19-32(42-33)26-14-12-24(22-38)13-15-26/h4-5,7-10,12-15,17-18,30-33,38H,3,6,11,16,19-23H2,1-2H3,(H2,35,36,39)/t30-,31-,32+,33+/m0/s1. The SMILES string of the molecule is CCNC(=O)NCc1cccc(-c2cccc([C@@H]3O[C@H](CN4CCC[C@H]4COC)C[C@H](c4ccc(CO)cc4)O3)c2)c1. The van der Waals surface area contributed by atoms with Crippen LogP contribution >= 0.6 is 0 Å². The highest BCUT2D eigenvalue weighted by Gasteiger charge is 2.35. The van der Waals surface area contributed by atoms with Gasteiger partial charge in [-0.3, -0.25) is 4.90 Å².